The molecule has 0 unspecified atom stereocenters. The van der Waals surface area contributed by atoms with Crippen LogP contribution in [0.15, 0.2) is 10.7 Å². The van der Waals surface area contributed by atoms with E-state index >= 15 is 0 Å². The lowest BCUT2D eigenvalue weighted by Gasteiger charge is -2.26. The maximum atomic E-state index is 3.97. The van der Waals surface area contributed by atoms with Gasteiger partial charge in [-0.3, -0.25) is 10.00 Å². The SMILES string of the molecule is Brc1cn[nH]c1CN1CCNCC1. The molecule has 2 heterocycles. The Bertz CT molecular complexity index is 267. The van der Waals surface area contributed by atoms with Crippen molar-refractivity contribution < 1.29 is 0 Å². The van der Waals surface area contributed by atoms with E-state index in [4.69, 9.17) is 0 Å². The fraction of sp³-hybridized carbons (Fsp3) is 0.625. The van der Waals surface area contributed by atoms with Gasteiger partial charge in [-0.2, -0.15) is 5.10 Å². The predicted molar refractivity (Wildman–Crippen MR) is 54.4 cm³/mol. The molecule has 1 saturated heterocycles. The fourth-order valence-electron chi connectivity index (χ4n) is 1.50. The Morgan fingerprint density at radius 2 is 2.23 bits per heavy atom. The van der Waals surface area contributed by atoms with Gasteiger partial charge < -0.3 is 5.32 Å². The first-order valence-electron chi connectivity index (χ1n) is 4.47. The molecule has 2 N–H and O–H groups in total. The first-order chi connectivity index (χ1) is 6.36. The number of aromatic amines is 1. The monoisotopic (exact) mass is 244 g/mol. The Hall–Kier alpha value is -0.390. The van der Waals surface area contributed by atoms with Crippen molar-refractivity contribution in [1.82, 2.24) is 20.4 Å². The molecule has 0 aromatic carbocycles. The summed E-state index contributed by atoms with van der Waals surface area (Å²) >= 11 is 3.46. The Morgan fingerprint density at radius 3 is 2.85 bits per heavy atom. The van der Waals surface area contributed by atoms with Crippen LogP contribution < -0.4 is 5.32 Å². The van der Waals surface area contributed by atoms with Crippen molar-refractivity contribution in [1.29, 1.82) is 0 Å². The first-order valence-corrected chi connectivity index (χ1v) is 5.26. The van der Waals surface area contributed by atoms with Crippen molar-refractivity contribution >= 4 is 15.9 Å². The molecule has 4 nitrogen and oxygen atoms in total. The van der Waals surface area contributed by atoms with Crippen LogP contribution in [0.1, 0.15) is 5.69 Å². The molecule has 0 spiro atoms. The lowest BCUT2D eigenvalue weighted by Crippen LogP contribution is -2.43. The van der Waals surface area contributed by atoms with E-state index in [2.05, 4.69) is 36.3 Å². The molecule has 1 aromatic heterocycles. The molecule has 0 amide bonds. The number of hydrogen-bond acceptors (Lipinski definition) is 3. The summed E-state index contributed by atoms with van der Waals surface area (Å²) in [6, 6.07) is 0. The molecule has 1 fully saturated rings. The van der Waals surface area contributed by atoms with Gasteiger partial charge in [-0.15, -0.1) is 0 Å². The van der Waals surface area contributed by atoms with Crippen molar-refractivity contribution in [3.05, 3.63) is 16.4 Å². The van der Waals surface area contributed by atoms with Crippen molar-refractivity contribution in [3.63, 3.8) is 0 Å². The minimum atomic E-state index is 0.961. The number of halogens is 1. The van der Waals surface area contributed by atoms with Crippen LogP contribution in [0.4, 0.5) is 0 Å². The zero-order chi connectivity index (χ0) is 9.10. The van der Waals surface area contributed by atoms with E-state index in [0.717, 1.165) is 37.2 Å². The van der Waals surface area contributed by atoms with Crippen molar-refractivity contribution in [2.75, 3.05) is 26.2 Å². The van der Waals surface area contributed by atoms with Crippen LogP contribution in [0.25, 0.3) is 0 Å². The molecule has 0 radical (unpaired) electrons. The van der Waals surface area contributed by atoms with Crippen LogP contribution >= 0.6 is 15.9 Å². The summed E-state index contributed by atoms with van der Waals surface area (Å²) in [5.41, 5.74) is 1.17. The average molecular weight is 245 g/mol. The molecule has 13 heavy (non-hydrogen) atoms. The van der Waals surface area contributed by atoms with Crippen LogP contribution in [0, 0.1) is 0 Å². The van der Waals surface area contributed by atoms with Crippen molar-refractivity contribution in [2.24, 2.45) is 0 Å². The summed E-state index contributed by atoms with van der Waals surface area (Å²) in [6.07, 6.45) is 1.80. The van der Waals surface area contributed by atoms with Gasteiger partial charge in [0.25, 0.3) is 0 Å². The van der Waals surface area contributed by atoms with Gasteiger partial charge in [0.15, 0.2) is 0 Å². The van der Waals surface area contributed by atoms with E-state index in [1.165, 1.54) is 5.69 Å². The molecule has 2 rings (SSSR count). The van der Waals surface area contributed by atoms with Gasteiger partial charge >= 0.3 is 0 Å². The standard InChI is InChI=1S/C8H13BrN4/c9-7-5-11-12-8(7)6-13-3-1-10-2-4-13/h5,10H,1-4,6H2,(H,11,12). The Labute approximate surface area is 85.8 Å². The normalized spacial score (nSPS) is 19.2. The van der Waals surface area contributed by atoms with Crippen LogP contribution in [0.3, 0.4) is 0 Å². The van der Waals surface area contributed by atoms with Gasteiger partial charge in [-0.05, 0) is 15.9 Å². The summed E-state index contributed by atoms with van der Waals surface area (Å²) in [7, 11) is 0. The third-order valence-corrected chi connectivity index (χ3v) is 2.94. The number of hydrogen-bond donors (Lipinski definition) is 2. The summed E-state index contributed by atoms with van der Waals surface area (Å²) in [6.45, 7) is 5.37. The van der Waals surface area contributed by atoms with Crippen LogP contribution in [0.2, 0.25) is 0 Å². The Kier molecular flexibility index (Phi) is 2.97. The molecule has 1 aliphatic heterocycles. The van der Waals surface area contributed by atoms with Crippen LogP contribution in [-0.2, 0) is 6.54 Å². The molecular formula is C8H13BrN4. The average Bonchev–Trinajstić information content (AvgIpc) is 2.54. The van der Waals surface area contributed by atoms with E-state index < -0.39 is 0 Å². The second-order valence-corrected chi connectivity index (χ2v) is 4.08. The lowest BCUT2D eigenvalue weighted by molar-refractivity contribution is 0.230. The number of piperazine rings is 1. The minimum Gasteiger partial charge on any atom is -0.314 e. The van der Waals surface area contributed by atoms with Crippen molar-refractivity contribution in [3.8, 4) is 0 Å². The highest BCUT2D eigenvalue weighted by molar-refractivity contribution is 9.10. The molecule has 0 bridgehead atoms. The fourth-order valence-corrected chi connectivity index (χ4v) is 1.82. The second-order valence-electron chi connectivity index (χ2n) is 3.22. The summed E-state index contributed by atoms with van der Waals surface area (Å²) in [5, 5.41) is 10.3. The zero-order valence-corrected chi connectivity index (χ0v) is 8.97. The second kappa shape index (κ2) is 4.21. The summed E-state index contributed by atoms with van der Waals surface area (Å²) in [4.78, 5) is 2.41. The largest absolute Gasteiger partial charge is 0.314 e. The molecule has 1 aliphatic rings. The van der Waals surface area contributed by atoms with Gasteiger partial charge in [-0.25, -0.2) is 0 Å². The number of H-pyrrole nitrogens is 1. The highest BCUT2D eigenvalue weighted by Gasteiger charge is 2.12. The summed E-state index contributed by atoms with van der Waals surface area (Å²) < 4.78 is 1.08. The number of aromatic nitrogens is 2. The van der Waals surface area contributed by atoms with Gasteiger partial charge in [0, 0.05) is 32.7 Å². The number of rotatable bonds is 2. The Morgan fingerprint density at radius 1 is 1.46 bits per heavy atom. The highest BCUT2D eigenvalue weighted by Crippen LogP contribution is 2.14. The number of nitrogens with zero attached hydrogens (tertiary/aromatic N) is 2. The zero-order valence-electron chi connectivity index (χ0n) is 7.39. The smallest absolute Gasteiger partial charge is 0.0634 e. The quantitative estimate of drug-likeness (QED) is 0.801. The highest BCUT2D eigenvalue weighted by atomic mass is 79.9. The van der Waals surface area contributed by atoms with E-state index in [1.807, 2.05) is 0 Å². The molecule has 1 aromatic rings. The van der Waals surface area contributed by atoms with E-state index in [9.17, 15) is 0 Å². The molecular weight excluding hydrogens is 232 g/mol. The van der Waals surface area contributed by atoms with Gasteiger partial charge in [-0.1, -0.05) is 0 Å². The molecule has 5 heteroatoms. The molecule has 0 atom stereocenters. The molecule has 0 saturated carbocycles. The first kappa shape index (κ1) is 9.18. The van der Waals surface area contributed by atoms with E-state index in [0.29, 0.717) is 0 Å². The van der Waals surface area contributed by atoms with Crippen LogP contribution in [0.5, 0.6) is 0 Å². The van der Waals surface area contributed by atoms with Crippen molar-refractivity contribution in [2.45, 2.75) is 6.54 Å². The third-order valence-electron chi connectivity index (χ3n) is 2.26. The number of nitrogens with one attached hydrogen (secondary N) is 2. The third kappa shape index (κ3) is 2.30. The predicted octanol–water partition coefficient (Wildman–Crippen LogP) is 0.577. The maximum absolute atomic E-state index is 3.97. The van der Waals surface area contributed by atoms with E-state index in [-0.39, 0.29) is 0 Å². The lowest BCUT2D eigenvalue weighted by atomic mass is 10.3. The van der Waals surface area contributed by atoms with E-state index in [1.54, 1.807) is 6.20 Å². The maximum Gasteiger partial charge on any atom is 0.0634 e. The van der Waals surface area contributed by atoms with Gasteiger partial charge in [0.2, 0.25) is 0 Å². The van der Waals surface area contributed by atoms with Crippen LogP contribution in [-0.4, -0.2) is 41.3 Å². The topological polar surface area (TPSA) is 44.0 Å². The van der Waals surface area contributed by atoms with Gasteiger partial charge in [0.05, 0.1) is 16.4 Å². The van der Waals surface area contributed by atoms with Gasteiger partial charge in [0.1, 0.15) is 0 Å². The molecule has 72 valence electrons. The Balaban J connectivity index is 1.93. The minimum absolute atomic E-state index is 0.961. The summed E-state index contributed by atoms with van der Waals surface area (Å²) in [5.74, 6) is 0. The molecule has 0 aliphatic carbocycles.